The van der Waals surface area contributed by atoms with E-state index in [1.807, 2.05) is 18.2 Å². The van der Waals surface area contributed by atoms with Gasteiger partial charge < -0.3 is 15.5 Å². The predicted molar refractivity (Wildman–Crippen MR) is 98.6 cm³/mol. The first-order chi connectivity index (χ1) is 12.9. The molecule has 0 aliphatic carbocycles. The molecule has 1 saturated heterocycles. The minimum atomic E-state index is -4.48. The van der Waals surface area contributed by atoms with Crippen LogP contribution in [-0.4, -0.2) is 41.9 Å². The average Bonchev–Trinajstić information content (AvgIpc) is 3.25. The fraction of sp³-hybridized carbons (Fsp3) is 0.444. The molecular weight excluding hydrogens is 357 g/mol. The summed E-state index contributed by atoms with van der Waals surface area (Å²) in [6.07, 6.45) is -2.18. The van der Waals surface area contributed by atoms with E-state index < -0.39 is 11.9 Å². The number of aliphatic imine (C=N–C) groups is 1. The number of rotatable bonds is 4. The Morgan fingerprint density at radius 3 is 2.70 bits per heavy atom. The molecule has 1 atom stereocenters. The number of para-hydroxylation sites is 1. The highest BCUT2D eigenvalue weighted by Crippen LogP contribution is 2.30. The van der Waals surface area contributed by atoms with Crippen molar-refractivity contribution in [1.29, 1.82) is 0 Å². The Hall–Kier alpha value is -2.71. The zero-order valence-electron chi connectivity index (χ0n) is 15.3. The number of halogens is 3. The quantitative estimate of drug-likeness (QED) is 0.632. The first-order valence-corrected chi connectivity index (χ1v) is 8.73. The third-order valence-corrected chi connectivity index (χ3v) is 4.49. The highest BCUT2D eigenvalue weighted by molar-refractivity contribution is 5.80. The summed E-state index contributed by atoms with van der Waals surface area (Å²) >= 11 is 0. The van der Waals surface area contributed by atoms with E-state index in [0.717, 1.165) is 25.2 Å². The first kappa shape index (κ1) is 19.1. The van der Waals surface area contributed by atoms with Crippen LogP contribution >= 0.6 is 0 Å². The summed E-state index contributed by atoms with van der Waals surface area (Å²) in [4.78, 5) is 6.40. The number of aromatic nitrogens is 2. The lowest BCUT2D eigenvalue weighted by Crippen LogP contribution is -2.44. The van der Waals surface area contributed by atoms with Crippen LogP contribution in [0.15, 0.2) is 41.5 Å². The van der Waals surface area contributed by atoms with Crippen molar-refractivity contribution in [2.75, 3.05) is 25.0 Å². The summed E-state index contributed by atoms with van der Waals surface area (Å²) in [5, 5.41) is 9.77. The molecule has 0 bridgehead atoms. The van der Waals surface area contributed by atoms with Crippen molar-refractivity contribution < 1.29 is 13.2 Å². The van der Waals surface area contributed by atoms with Crippen LogP contribution < -0.4 is 15.5 Å². The molecule has 2 N–H and O–H groups in total. The van der Waals surface area contributed by atoms with Gasteiger partial charge in [0, 0.05) is 57.2 Å². The van der Waals surface area contributed by atoms with Crippen molar-refractivity contribution in [3.63, 3.8) is 0 Å². The smallest absolute Gasteiger partial charge is 0.369 e. The van der Waals surface area contributed by atoms with E-state index in [4.69, 9.17) is 0 Å². The van der Waals surface area contributed by atoms with Crippen molar-refractivity contribution in [2.24, 2.45) is 12.0 Å². The largest absolute Gasteiger partial charge is 0.435 e. The summed E-state index contributed by atoms with van der Waals surface area (Å²) in [6, 6.07) is 10.3. The van der Waals surface area contributed by atoms with Gasteiger partial charge in [-0.25, -0.2) is 0 Å². The standard InChI is InChI=1S/C18H23F3N6/c1-22-17(23-10-13-11-26(2)25-16(13)18(19,20)21)24-14-8-9-27(12-14)15-6-4-3-5-7-15/h3-7,11,14H,8-10,12H2,1-2H3,(H2,22,23,24). The molecule has 1 unspecified atom stereocenters. The maximum absolute atomic E-state index is 13.0. The Balaban J connectivity index is 1.57. The number of nitrogens with one attached hydrogen (secondary N) is 2. The second kappa shape index (κ2) is 7.89. The molecule has 9 heteroatoms. The number of benzene rings is 1. The molecule has 1 fully saturated rings. The maximum Gasteiger partial charge on any atom is 0.435 e. The van der Waals surface area contributed by atoms with Crippen LogP contribution in [0.1, 0.15) is 17.7 Å². The minimum absolute atomic E-state index is 0.00250. The van der Waals surface area contributed by atoms with E-state index in [-0.39, 0.29) is 18.2 Å². The van der Waals surface area contributed by atoms with Crippen LogP contribution in [-0.2, 0) is 19.8 Å². The molecule has 1 aromatic heterocycles. The van der Waals surface area contributed by atoms with Gasteiger partial charge in [0.05, 0.1) is 0 Å². The van der Waals surface area contributed by atoms with Gasteiger partial charge in [-0.05, 0) is 18.6 Å². The van der Waals surface area contributed by atoms with E-state index >= 15 is 0 Å². The maximum atomic E-state index is 13.0. The molecule has 6 nitrogen and oxygen atoms in total. The Morgan fingerprint density at radius 1 is 1.30 bits per heavy atom. The van der Waals surface area contributed by atoms with Gasteiger partial charge in [-0.1, -0.05) is 18.2 Å². The van der Waals surface area contributed by atoms with Crippen LogP contribution in [0.2, 0.25) is 0 Å². The van der Waals surface area contributed by atoms with Gasteiger partial charge in [-0.15, -0.1) is 0 Å². The third kappa shape index (κ3) is 4.72. The molecule has 2 heterocycles. The lowest BCUT2D eigenvalue weighted by Gasteiger charge is -2.20. The minimum Gasteiger partial charge on any atom is -0.369 e. The first-order valence-electron chi connectivity index (χ1n) is 8.73. The van der Waals surface area contributed by atoms with E-state index in [9.17, 15) is 13.2 Å². The molecule has 0 amide bonds. The summed E-state index contributed by atoms with van der Waals surface area (Å²) in [6.45, 7) is 1.72. The van der Waals surface area contributed by atoms with Crippen LogP contribution in [0.4, 0.5) is 18.9 Å². The van der Waals surface area contributed by atoms with Gasteiger partial charge in [0.2, 0.25) is 0 Å². The Kier molecular flexibility index (Phi) is 5.57. The molecule has 1 aliphatic rings. The van der Waals surface area contributed by atoms with Crippen molar-refractivity contribution in [1.82, 2.24) is 20.4 Å². The average molecular weight is 380 g/mol. The lowest BCUT2D eigenvalue weighted by atomic mass is 10.2. The van der Waals surface area contributed by atoms with Gasteiger partial charge in [0.15, 0.2) is 11.7 Å². The number of hydrogen-bond acceptors (Lipinski definition) is 3. The Morgan fingerprint density at radius 2 is 2.04 bits per heavy atom. The molecule has 0 spiro atoms. The summed E-state index contributed by atoms with van der Waals surface area (Å²) in [5.74, 6) is 0.479. The number of guanidine groups is 1. The summed E-state index contributed by atoms with van der Waals surface area (Å²) < 4.78 is 40.3. The number of anilines is 1. The molecule has 0 radical (unpaired) electrons. The fourth-order valence-corrected chi connectivity index (χ4v) is 3.22. The van der Waals surface area contributed by atoms with Gasteiger partial charge >= 0.3 is 6.18 Å². The molecule has 1 aliphatic heterocycles. The van der Waals surface area contributed by atoms with Crippen molar-refractivity contribution in [3.8, 4) is 0 Å². The van der Waals surface area contributed by atoms with Crippen molar-refractivity contribution in [3.05, 3.63) is 47.8 Å². The zero-order valence-corrected chi connectivity index (χ0v) is 15.3. The second-order valence-corrected chi connectivity index (χ2v) is 6.51. The monoisotopic (exact) mass is 380 g/mol. The molecule has 0 saturated carbocycles. The molecule has 2 aromatic rings. The highest BCUT2D eigenvalue weighted by atomic mass is 19.4. The number of hydrogen-bond donors (Lipinski definition) is 2. The molecule has 146 valence electrons. The molecular formula is C18H23F3N6. The van der Waals surface area contributed by atoms with Crippen molar-refractivity contribution >= 4 is 11.6 Å². The molecule has 3 rings (SSSR count). The van der Waals surface area contributed by atoms with Gasteiger partial charge in [-0.3, -0.25) is 9.67 Å². The second-order valence-electron chi connectivity index (χ2n) is 6.51. The predicted octanol–water partition coefficient (Wildman–Crippen LogP) is 2.38. The van der Waals surface area contributed by atoms with Crippen LogP contribution in [0.3, 0.4) is 0 Å². The summed E-state index contributed by atoms with van der Waals surface area (Å²) in [7, 11) is 3.08. The van der Waals surface area contributed by atoms with Crippen molar-refractivity contribution in [2.45, 2.75) is 25.2 Å². The van der Waals surface area contributed by atoms with Crippen LogP contribution in [0.25, 0.3) is 0 Å². The van der Waals surface area contributed by atoms with Gasteiger partial charge in [0.25, 0.3) is 0 Å². The Labute approximate surface area is 156 Å². The zero-order chi connectivity index (χ0) is 19.4. The van der Waals surface area contributed by atoms with E-state index in [1.54, 1.807) is 7.05 Å². The number of nitrogens with zero attached hydrogens (tertiary/aromatic N) is 4. The number of aryl methyl sites for hydroxylation is 1. The van der Waals surface area contributed by atoms with E-state index in [2.05, 4.69) is 37.8 Å². The lowest BCUT2D eigenvalue weighted by molar-refractivity contribution is -0.142. The summed E-state index contributed by atoms with van der Waals surface area (Å²) in [5.41, 5.74) is 0.379. The van der Waals surface area contributed by atoms with E-state index in [1.165, 1.54) is 17.9 Å². The van der Waals surface area contributed by atoms with Gasteiger partial charge in [-0.2, -0.15) is 18.3 Å². The highest BCUT2D eigenvalue weighted by Gasteiger charge is 2.36. The molecule has 27 heavy (non-hydrogen) atoms. The Bertz CT molecular complexity index is 784. The SMILES string of the molecule is CN=C(NCc1cn(C)nc1C(F)(F)F)NC1CCN(c2ccccc2)C1. The molecule has 1 aromatic carbocycles. The van der Waals surface area contributed by atoms with Crippen LogP contribution in [0.5, 0.6) is 0 Å². The van der Waals surface area contributed by atoms with Gasteiger partial charge in [0.1, 0.15) is 0 Å². The fourth-order valence-electron chi connectivity index (χ4n) is 3.22. The normalized spacial score (nSPS) is 18.0. The third-order valence-electron chi connectivity index (χ3n) is 4.49. The van der Waals surface area contributed by atoms with Crippen LogP contribution in [0, 0.1) is 0 Å². The number of alkyl halides is 3. The van der Waals surface area contributed by atoms with E-state index in [0.29, 0.717) is 5.96 Å². The topological polar surface area (TPSA) is 57.5 Å².